The van der Waals surface area contributed by atoms with Crippen LogP contribution in [0, 0.1) is 0 Å². The van der Waals surface area contributed by atoms with Crippen molar-refractivity contribution in [2.24, 2.45) is 0 Å². The van der Waals surface area contributed by atoms with E-state index in [0.717, 1.165) is 0 Å². The molecule has 0 fully saturated rings. The summed E-state index contributed by atoms with van der Waals surface area (Å²) in [7, 11) is 1.65. The second kappa shape index (κ2) is 2.73. The summed E-state index contributed by atoms with van der Waals surface area (Å²) in [5.74, 6) is 0.330. The number of hydrogen-bond acceptors (Lipinski definition) is 8. The van der Waals surface area contributed by atoms with Crippen LogP contribution in [0.15, 0.2) is 8.94 Å². The van der Waals surface area contributed by atoms with Gasteiger partial charge in [0.15, 0.2) is 0 Å². The van der Waals surface area contributed by atoms with Crippen LogP contribution in [0.2, 0.25) is 0 Å². The maximum Gasteiger partial charge on any atom is 0.321 e. The summed E-state index contributed by atoms with van der Waals surface area (Å²) in [5.41, 5.74) is 5.21. The lowest BCUT2D eigenvalue weighted by atomic mass is 10.6. The number of nitrogens with one attached hydrogen (secondary N) is 1. The van der Waals surface area contributed by atoms with Crippen molar-refractivity contribution in [3.63, 3.8) is 0 Å². The van der Waals surface area contributed by atoms with Crippen molar-refractivity contribution in [3.8, 4) is 11.7 Å². The number of anilines is 2. The number of nitrogen functional groups attached to an aromatic ring is 1. The van der Waals surface area contributed by atoms with Gasteiger partial charge in [-0.2, -0.15) is 4.98 Å². The normalized spacial score (nSPS) is 10.2. The molecule has 2 aromatic heterocycles. The van der Waals surface area contributed by atoms with E-state index in [1.807, 2.05) is 0 Å². The number of aromatic nitrogens is 4. The van der Waals surface area contributed by atoms with Gasteiger partial charge in [-0.1, -0.05) is 5.10 Å². The Morgan fingerprint density at radius 1 is 1.38 bits per heavy atom. The lowest BCUT2D eigenvalue weighted by Gasteiger charge is -1.82. The van der Waals surface area contributed by atoms with Gasteiger partial charge in [-0.25, -0.2) is 0 Å². The Balaban J connectivity index is 2.35. The van der Waals surface area contributed by atoms with Crippen LogP contribution in [-0.4, -0.2) is 27.4 Å². The average Bonchev–Trinajstić information content (AvgIpc) is 2.71. The Hall–Kier alpha value is -2.12. The van der Waals surface area contributed by atoms with Crippen LogP contribution in [0.4, 0.5) is 12.0 Å². The quantitative estimate of drug-likeness (QED) is 0.652. The fourth-order valence-corrected chi connectivity index (χ4v) is 0.737. The fourth-order valence-electron chi connectivity index (χ4n) is 0.737. The molecule has 2 rings (SSSR count). The molecule has 0 atom stereocenters. The van der Waals surface area contributed by atoms with Crippen LogP contribution in [-0.2, 0) is 0 Å². The van der Waals surface area contributed by atoms with Gasteiger partial charge in [0.05, 0.1) is 0 Å². The molecule has 2 aromatic rings. The van der Waals surface area contributed by atoms with Crippen LogP contribution >= 0.6 is 0 Å². The Morgan fingerprint density at radius 3 is 2.77 bits per heavy atom. The maximum absolute atomic E-state index is 5.21. The molecule has 0 unspecified atom stereocenters. The number of nitrogens with zero attached hydrogens (tertiary/aromatic N) is 4. The SMILES string of the molecule is CNc1nc(-c2nnc(N)o2)no1. The molecule has 8 nitrogen and oxygen atoms in total. The van der Waals surface area contributed by atoms with E-state index in [-0.39, 0.29) is 23.7 Å². The van der Waals surface area contributed by atoms with Gasteiger partial charge in [-0.05, 0) is 5.16 Å². The number of nitrogens with two attached hydrogens (primary N) is 1. The molecule has 0 aliphatic heterocycles. The van der Waals surface area contributed by atoms with Crippen molar-refractivity contribution in [2.75, 3.05) is 18.1 Å². The molecule has 3 N–H and O–H groups in total. The van der Waals surface area contributed by atoms with Crippen molar-refractivity contribution in [2.45, 2.75) is 0 Å². The Kier molecular flexibility index (Phi) is 1.58. The van der Waals surface area contributed by atoms with E-state index in [0.29, 0.717) is 0 Å². The molecule has 8 heteroatoms. The van der Waals surface area contributed by atoms with E-state index < -0.39 is 0 Å². The lowest BCUT2D eigenvalue weighted by molar-refractivity contribution is 0.431. The fraction of sp³-hybridized carbons (Fsp3) is 0.200. The first kappa shape index (κ1) is 7.53. The highest BCUT2D eigenvalue weighted by Gasteiger charge is 2.13. The zero-order chi connectivity index (χ0) is 9.26. The van der Waals surface area contributed by atoms with Gasteiger partial charge < -0.3 is 20.0 Å². The van der Waals surface area contributed by atoms with E-state index in [2.05, 4.69) is 25.7 Å². The van der Waals surface area contributed by atoms with Crippen LogP contribution in [0.3, 0.4) is 0 Å². The van der Waals surface area contributed by atoms with Gasteiger partial charge in [0.1, 0.15) is 0 Å². The third kappa shape index (κ3) is 1.28. The summed E-state index contributed by atoms with van der Waals surface area (Å²) in [6, 6.07) is 0.234. The van der Waals surface area contributed by atoms with Crippen molar-refractivity contribution in [3.05, 3.63) is 0 Å². The van der Waals surface area contributed by atoms with E-state index >= 15 is 0 Å². The molecule has 68 valence electrons. The molecule has 0 aliphatic carbocycles. The van der Waals surface area contributed by atoms with Crippen LogP contribution in [0.1, 0.15) is 0 Å². The monoisotopic (exact) mass is 182 g/mol. The zero-order valence-electron chi connectivity index (χ0n) is 6.68. The number of hydrogen-bond donors (Lipinski definition) is 2. The largest absolute Gasteiger partial charge is 0.400 e. The maximum atomic E-state index is 5.21. The standard InChI is InChI=1S/C5H6N6O2/c1-7-5-8-2(11-13-5)3-9-10-4(6)12-3/h1H3,(H2,6,10)(H,7,8,11). The molecule has 0 amide bonds. The summed E-state index contributed by atoms with van der Waals surface area (Å²) in [6.45, 7) is 0. The van der Waals surface area contributed by atoms with Gasteiger partial charge in [-0.15, -0.1) is 5.10 Å². The van der Waals surface area contributed by atoms with Crippen molar-refractivity contribution >= 4 is 12.0 Å². The summed E-state index contributed by atoms with van der Waals surface area (Å²) in [5, 5.41) is 13.3. The highest BCUT2D eigenvalue weighted by molar-refractivity contribution is 5.41. The first-order chi connectivity index (χ1) is 6.29. The van der Waals surface area contributed by atoms with Crippen molar-refractivity contribution in [1.82, 2.24) is 20.3 Å². The average molecular weight is 182 g/mol. The summed E-state index contributed by atoms with van der Waals surface area (Å²) >= 11 is 0. The van der Waals surface area contributed by atoms with Crippen LogP contribution < -0.4 is 11.1 Å². The highest BCUT2D eigenvalue weighted by Crippen LogP contribution is 2.15. The van der Waals surface area contributed by atoms with Gasteiger partial charge in [0.25, 0.3) is 11.7 Å². The summed E-state index contributed by atoms with van der Waals surface area (Å²) < 4.78 is 9.61. The molecule has 0 aliphatic rings. The Labute approximate surface area is 72.1 Å². The lowest BCUT2D eigenvalue weighted by Crippen LogP contribution is -1.87. The topological polar surface area (TPSA) is 116 Å². The number of rotatable bonds is 2. The molecule has 0 saturated heterocycles. The van der Waals surface area contributed by atoms with Crippen molar-refractivity contribution < 1.29 is 8.94 Å². The summed E-state index contributed by atoms with van der Waals surface area (Å²) in [4.78, 5) is 3.87. The zero-order valence-corrected chi connectivity index (χ0v) is 6.68. The third-order valence-corrected chi connectivity index (χ3v) is 1.27. The third-order valence-electron chi connectivity index (χ3n) is 1.27. The van der Waals surface area contributed by atoms with Gasteiger partial charge in [0, 0.05) is 7.05 Å². The summed E-state index contributed by atoms with van der Waals surface area (Å²) in [6.07, 6.45) is 0. The predicted molar refractivity (Wildman–Crippen MR) is 41.5 cm³/mol. The highest BCUT2D eigenvalue weighted by atomic mass is 16.5. The van der Waals surface area contributed by atoms with Crippen LogP contribution in [0.5, 0.6) is 0 Å². The molecule has 2 heterocycles. The minimum absolute atomic E-state index is 0.0363. The second-order valence-electron chi connectivity index (χ2n) is 2.12. The molecule has 0 spiro atoms. The molecule has 0 radical (unpaired) electrons. The van der Waals surface area contributed by atoms with Crippen molar-refractivity contribution in [1.29, 1.82) is 0 Å². The molecule has 0 bridgehead atoms. The predicted octanol–water partition coefficient (Wildman–Crippen LogP) is -0.257. The van der Waals surface area contributed by atoms with E-state index in [4.69, 9.17) is 14.7 Å². The minimum Gasteiger partial charge on any atom is -0.400 e. The second-order valence-corrected chi connectivity index (χ2v) is 2.12. The van der Waals surface area contributed by atoms with E-state index in [9.17, 15) is 0 Å². The van der Waals surface area contributed by atoms with Crippen LogP contribution in [0.25, 0.3) is 11.7 Å². The van der Waals surface area contributed by atoms with Gasteiger partial charge >= 0.3 is 12.0 Å². The molecule has 0 saturated carbocycles. The Bertz CT molecular complexity index is 407. The molecular formula is C5H6N6O2. The molecular weight excluding hydrogens is 176 g/mol. The van der Waals surface area contributed by atoms with Gasteiger partial charge in [-0.3, -0.25) is 0 Å². The molecule has 0 aromatic carbocycles. The minimum atomic E-state index is -0.0363. The van der Waals surface area contributed by atoms with E-state index in [1.165, 1.54) is 0 Å². The first-order valence-electron chi connectivity index (χ1n) is 3.40. The molecule has 13 heavy (non-hydrogen) atoms. The van der Waals surface area contributed by atoms with E-state index in [1.54, 1.807) is 7.05 Å². The van der Waals surface area contributed by atoms with Gasteiger partial charge in [0.2, 0.25) is 0 Å². The first-order valence-corrected chi connectivity index (χ1v) is 3.40. The smallest absolute Gasteiger partial charge is 0.321 e. The Morgan fingerprint density at radius 2 is 2.23 bits per heavy atom.